The van der Waals surface area contributed by atoms with E-state index in [-0.39, 0.29) is 30.6 Å². The van der Waals surface area contributed by atoms with Crippen molar-refractivity contribution >= 4 is 34.6 Å². The number of methoxy groups -OCH3 is 1. The molecule has 0 saturated carbocycles. The van der Waals surface area contributed by atoms with E-state index in [1.54, 1.807) is 32.5 Å². The Morgan fingerprint density at radius 1 is 1.10 bits per heavy atom. The number of hydrazine groups is 1. The van der Waals surface area contributed by atoms with E-state index in [9.17, 15) is 24.3 Å². The largest absolute Gasteiger partial charge is 0.508 e. The molecule has 4 aromatic rings. The molecule has 0 unspecified atom stereocenters. The number of phenolic OH excluding ortho intramolecular Hbond substituents is 1. The number of fused-ring (bicyclic) bond motifs is 6. The van der Waals surface area contributed by atoms with Gasteiger partial charge in [-0.1, -0.05) is 39.8 Å². The van der Waals surface area contributed by atoms with Gasteiger partial charge in [-0.2, -0.15) is 0 Å². The second-order valence-corrected chi connectivity index (χ2v) is 17.8. The van der Waals surface area contributed by atoms with Gasteiger partial charge in [0.25, 0.3) is 11.8 Å². The highest BCUT2D eigenvalue weighted by Gasteiger charge is 2.39. The van der Waals surface area contributed by atoms with E-state index in [4.69, 9.17) is 14.2 Å². The fraction of sp³-hybridized carbons (Fsp3) is 0.511. The summed E-state index contributed by atoms with van der Waals surface area (Å²) in [4.78, 5) is 62.2. The standard InChI is InChI=1S/C47H60N6O8/c1-8-52-39-14-13-30-23-34(39)35(42(52)36-25-48-16-15-31(36)26-59-7)24-47(4,5)27-61-46(58)37-11-9-17-53(50-37)44(56)38(21-29-19-32(30)22-33(54)20-29)49-43(55)41(28(2)3)51(6)45(57)40-12-10-18-60-40/h13-16,19-20,22-23,25,28,37-38,40-41,50,54H,8-12,17-18,21,24,26-27H2,1-7H3,(H,49,55)/t37-,38-,40-,41-/m0/s1. The number of pyridine rings is 1. The molecule has 0 spiro atoms. The fourth-order valence-corrected chi connectivity index (χ4v) is 9.25. The number of carbonyl (C=O) groups excluding carboxylic acids is 4. The number of ether oxygens (including phenoxy) is 3. The molecule has 3 aliphatic rings. The van der Waals surface area contributed by atoms with Crippen molar-refractivity contribution in [1.82, 2.24) is 30.2 Å². The number of rotatable bonds is 9. The quantitative estimate of drug-likeness (QED) is 0.182. The van der Waals surface area contributed by atoms with Crippen molar-refractivity contribution in [2.24, 2.45) is 11.3 Å². The Morgan fingerprint density at radius 3 is 2.62 bits per heavy atom. The molecule has 0 aliphatic carbocycles. The molecule has 2 saturated heterocycles. The van der Waals surface area contributed by atoms with Gasteiger partial charge in [-0.25, -0.2) is 5.43 Å². The van der Waals surface area contributed by atoms with Crippen molar-refractivity contribution in [2.75, 3.05) is 33.9 Å². The molecule has 326 valence electrons. The number of aryl methyl sites for hydroxylation is 1. The van der Waals surface area contributed by atoms with Gasteiger partial charge in [0, 0.05) is 74.5 Å². The van der Waals surface area contributed by atoms with Gasteiger partial charge in [0.15, 0.2) is 0 Å². The molecule has 61 heavy (non-hydrogen) atoms. The number of likely N-dealkylation sites (N-methyl/N-ethyl adjacent to an activating group) is 1. The summed E-state index contributed by atoms with van der Waals surface area (Å²) in [5.74, 6) is -1.96. The predicted octanol–water partition coefficient (Wildman–Crippen LogP) is 5.55. The number of amides is 3. The lowest BCUT2D eigenvalue weighted by atomic mass is 9.84. The maximum Gasteiger partial charge on any atom is 0.324 e. The summed E-state index contributed by atoms with van der Waals surface area (Å²) in [6.45, 7) is 12.0. The highest BCUT2D eigenvalue weighted by atomic mass is 16.5. The average Bonchev–Trinajstić information content (AvgIpc) is 3.88. The normalized spacial score (nSPS) is 21.2. The molecule has 2 aromatic heterocycles. The molecule has 7 rings (SSSR count). The Labute approximate surface area is 357 Å². The van der Waals surface area contributed by atoms with E-state index < -0.39 is 47.4 Å². The van der Waals surface area contributed by atoms with E-state index in [2.05, 4.69) is 53.2 Å². The third-order valence-corrected chi connectivity index (χ3v) is 12.2. The highest BCUT2D eigenvalue weighted by molar-refractivity contribution is 5.96. The summed E-state index contributed by atoms with van der Waals surface area (Å²) in [5.41, 5.74) is 9.87. The zero-order valence-corrected chi connectivity index (χ0v) is 36.5. The molecule has 3 N–H and O–H groups in total. The lowest BCUT2D eigenvalue weighted by Gasteiger charge is -2.37. The summed E-state index contributed by atoms with van der Waals surface area (Å²) in [5, 5.41) is 16.7. The zero-order valence-electron chi connectivity index (χ0n) is 36.5. The number of benzene rings is 2. The van der Waals surface area contributed by atoms with Crippen molar-refractivity contribution in [3.8, 4) is 28.1 Å². The van der Waals surface area contributed by atoms with Gasteiger partial charge in [-0.05, 0) is 103 Å². The number of hydrogen-bond acceptors (Lipinski definition) is 10. The summed E-state index contributed by atoms with van der Waals surface area (Å²) < 4.78 is 19.7. The molecule has 2 aromatic carbocycles. The third-order valence-electron chi connectivity index (χ3n) is 12.2. The molecule has 14 heteroatoms. The smallest absolute Gasteiger partial charge is 0.324 e. The van der Waals surface area contributed by atoms with Crippen LogP contribution in [-0.2, 0) is 59.4 Å². The molecular weight excluding hydrogens is 777 g/mol. The van der Waals surface area contributed by atoms with Gasteiger partial charge in [-0.15, -0.1) is 0 Å². The topological polar surface area (TPSA) is 165 Å². The first kappa shape index (κ1) is 43.8. The second-order valence-electron chi connectivity index (χ2n) is 17.8. The second kappa shape index (κ2) is 18.3. The maximum absolute atomic E-state index is 14.6. The molecule has 4 atom stereocenters. The van der Waals surface area contributed by atoms with Crippen LogP contribution in [0.2, 0.25) is 0 Å². The van der Waals surface area contributed by atoms with Crippen LogP contribution in [-0.4, -0.2) is 106 Å². The maximum atomic E-state index is 14.6. The van der Waals surface area contributed by atoms with Crippen molar-refractivity contribution in [2.45, 2.75) is 111 Å². The van der Waals surface area contributed by atoms with Crippen LogP contribution in [0, 0.1) is 11.3 Å². The van der Waals surface area contributed by atoms with Gasteiger partial charge >= 0.3 is 5.97 Å². The van der Waals surface area contributed by atoms with Crippen molar-refractivity contribution < 1.29 is 38.5 Å². The minimum absolute atomic E-state index is 0.00752. The third kappa shape index (κ3) is 9.31. The van der Waals surface area contributed by atoms with Crippen molar-refractivity contribution in [3.05, 3.63) is 71.5 Å². The SMILES string of the molecule is CCn1c(-c2cnccc2COC)c2c3cc(ccc31)-c1cc(O)cc(c1)C[C@H](NC(=O)[C@H](C(C)C)N(C)C(=O)[C@@H]1CCCO1)C(=O)N1CCC[C@H](N1)C(=O)OCC(C)(C)C2. The first-order valence-electron chi connectivity index (χ1n) is 21.5. The minimum atomic E-state index is -1.12. The fourth-order valence-electron chi connectivity index (χ4n) is 9.25. The molecule has 6 bridgehead atoms. The van der Waals surface area contributed by atoms with Gasteiger partial charge in [0.05, 0.1) is 18.9 Å². The number of esters is 1. The van der Waals surface area contributed by atoms with Crippen LogP contribution in [0.4, 0.5) is 0 Å². The molecule has 3 aliphatic heterocycles. The van der Waals surface area contributed by atoms with E-state index in [1.807, 2.05) is 38.2 Å². The van der Waals surface area contributed by atoms with Gasteiger partial charge < -0.3 is 34.1 Å². The number of nitrogens with one attached hydrogen (secondary N) is 2. The minimum Gasteiger partial charge on any atom is -0.508 e. The van der Waals surface area contributed by atoms with Crippen molar-refractivity contribution in [3.63, 3.8) is 0 Å². The van der Waals surface area contributed by atoms with Crippen LogP contribution in [0.3, 0.4) is 0 Å². The lowest BCUT2D eigenvalue weighted by Crippen LogP contribution is -2.62. The number of cyclic esters (lactones) is 1. The Morgan fingerprint density at radius 2 is 1.90 bits per heavy atom. The number of aromatic hydroxyl groups is 1. The summed E-state index contributed by atoms with van der Waals surface area (Å²) in [6.07, 6.45) is 5.95. The van der Waals surface area contributed by atoms with Crippen LogP contribution in [0.1, 0.15) is 77.0 Å². The van der Waals surface area contributed by atoms with E-state index in [0.717, 1.165) is 50.8 Å². The summed E-state index contributed by atoms with van der Waals surface area (Å²) in [6, 6.07) is 10.7. The molecular formula is C47H60N6O8. The van der Waals surface area contributed by atoms with Crippen LogP contribution < -0.4 is 10.7 Å². The Bertz CT molecular complexity index is 2280. The van der Waals surface area contributed by atoms with Crippen LogP contribution in [0.25, 0.3) is 33.3 Å². The van der Waals surface area contributed by atoms with E-state index >= 15 is 0 Å². The van der Waals surface area contributed by atoms with Crippen molar-refractivity contribution in [1.29, 1.82) is 0 Å². The summed E-state index contributed by atoms with van der Waals surface area (Å²) >= 11 is 0. The van der Waals surface area contributed by atoms with Crippen LogP contribution in [0.15, 0.2) is 54.9 Å². The van der Waals surface area contributed by atoms with Gasteiger partial charge in [0.2, 0.25) is 5.91 Å². The average molecular weight is 837 g/mol. The monoisotopic (exact) mass is 836 g/mol. The first-order chi connectivity index (χ1) is 29.2. The molecule has 14 nitrogen and oxygen atoms in total. The molecule has 2 fully saturated rings. The first-order valence-corrected chi connectivity index (χ1v) is 21.5. The molecule has 0 radical (unpaired) electrons. The predicted molar refractivity (Wildman–Crippen MR) is 231 cm³/mol. The highest BCUT2D eigenvalue weighted by Crippen LogP contribution is 2.41. The van der Waals surface area contributed by atoms with E-state index in [0.29, 0.717) is 57.6 Å². The Kier molecular flexibility index (Phi) is 13.2. The molecule has 5 heterocycles. The number of carbonyl (C=O) groups is 4. The van der Waals surface area contributed by atoms with Gasteiger partial charge in [-0.3, -0.25) is 29.2 Å². The van der Waals surface area contributed by atoms with Crippen LogP contribution >= 0.6 is 0 Å². The zero-order chi connectivity index (χ0) is 43.6. The van der Waals surface area contributed by atoms with E-state index in [1.165, 1.54) is 9.91 Å². The summed E-state index contributed by atoms with van der Waals surface area (Å²) in [7, 11) is 3.27. The lowest BCUT2D eigenvalue weighted by molar-refractivity contribution is -0.155. The number of phenols is 1. The number of nitrogens with zero attached hydrogens (tertiary/aromatic N) is 4. The number of aromatic nitrogens is 2. The Balaban J connectivity index is 1.34. The van der Waals surface area contributed by atoms with Crippen LogP contribution in [0.5, 0.6) is 5.75 Å². The van der Waals surface area contributed by atoms with Gasteiger partial charge in [0.1, 0.15) is 30.0 Å². The number of hydrogen-bond donors (Lipinski definition) is 3. The molecule has 3 amide bonds. The Hall–Kier alpha value is -5.31.